The second kappa shape index (κ2) is 6.49. The van der Waals surface area contributed by atoms with Gasteiger partial charge in [0.2, 0.25) is 0 Å². The van der Waals surface area contributed by atoms with E-state index >= 15 is 0 Å². The Morgan fingerprint density at radius 2 is 2.30 bits per heavy atom. The van der Waals surface area contributed by atoms with Gasteiger partial charge >= 0.3 is 5.97 Å². The fourth-order valence-corrected chi connectivity index (χ4v) is 3.55. The van der Waals surface area contributed by atoms with Gasteiger partial charge in [-0.15, -0.1) is 11.8 Å². The molecule has 1 aromatic rings. The number of carbonyl (C=O) groups is 2. The summed E-state index contributed by atoms with van der Waals surface area (Å²) < 4.78 is 6.27. The normalized spacial score (nSPS) is 21.8. The van der Waals surface area contributed by atoms with E-state index in [1.54, 1.807) is 18.2 Å². The third-order valence-electron chi connectivity index (χ3n) is 2.95. The molecule has 0 radical (unpaired) electrons. The van der Waals surface area contributed by atoms with Gasteiger partial charge in [-0.2, -0.15) is 0 Å². The highest BCUT2D eigenvalue weighted by molar-refractivity contribution is 9.10. The van der Waals surface area contributed by atoms with Crippen LogP contribution in [0.2, 0.25) is 0 Å². The molecule has 2 unspecified atom stereocenters. The molecule has 5 nitrogen and oxygen atoms in total. The Bertz CT molecular complexity index is 525. The maximum absolute atomic E-state index is 12.1. The third kappa shape index (κ3) is 3.46. The molecule has 1 aromatic carbocycles. The molecule has 20 heavy (non-hydrogen) atoms. The van der Waals surface area contributed by atoms with Gasteiger partial charge in [-0.1, -0.05) is 22.0 Å². The van der Waals surface area contributed by atoms with Crippen LogP contribution in [0.15, 0.2) is 28.7 Å². The smallest absolute Gasteiger partial charge is 0.327 e. The Hall–Kier alpha value is -1.21. The van der Waals surface area contributed by atoms with Crippen LogP contribution in [0.1, 0.15) is 6.92 Å². The molecular weight excluding hydrogens is 346 g/mol. The van der Waals surface area contributed by atoms with Crippen molar-refractivity contribution in [2.45, 2.75) is 18.3 Å². The Morgan fingerprint density at radius 3 is 2.95 bits per heavy atom. The second-order valence-electron chi connectivity index (χ2n) is 4.33. The summed E-state index contributed by atoms with van der Waals surface area (Å²) >= 11 is 4.77. The topological polar surface area (TPSA) is 66.8 Å². The van der Waals surface area contributed by atoms with Crippen molar-refractivity contribution in [3.05, 3.63) is 28.7 Å². The van der Waals surface area contributed by atoms with Crippen LogP contribution in [-0.2, 0) is 9.59 Å². The van der Waals surface area contributed by atoms with Crippen LogP contribution in [0.4, 0.5) is 0 Å². The number of nitrogens with zero attached hydrogens (tertiary/aromatic N) is 1. The minimum Gasteiger partial charge on any atom is -0.484 e. The number of amides is 1. The lowest BCUT2D eigenvalue weighted by atomic mass is 10.3. The number of carbonyl (C=O) groups excluding carboxylic acids is 1. The van der Waals surface area contributed by atoms with Crippen LogP contribution in [-0.4, -0.2) is 45.7 Å². The lowest BCUT2D eigenvalue weighted by Crippen LogP contribution is -2.46. The summed E-state index contributed by atoms with van der Waals surface area (Å²) in [4.78, 5) is 24.6. The average Bonchev–Trinajstić information content (AvgIpc) is 2.78. The lowest BCUT2D eigenvalue weighted by Gasteiger charge is -2.24. The maximum Gasteiger partial charge on any atom is 0.327 e. The molecule has 108 valence electrons. The Labute approximate surface area is 129 Å². The number of hydrogen-bond acceptors (Lipinski definition) is 4. The highest BCUT2D eigenvalue weighted by atomic mass is 79.9. The van der Waals surface area contributed by atoms with Gasteiger partial charge in [0.25, 0.3) is 5.91 Å². The summed E-state index contributed by atoms with van der Waals surface area (Å²) in [6.07, 6.45) is 0. The first-order valence-electron chi connectivity index (χ1n) is 6.03. The third-order valence-corrected chi connectivity index (χ3v) is 4.67. The van der Waals surface area contributed by atoms with Gasteiger partial charge in [-0.05, 0) is 25.1 Å². The van der Waals surface area contributed by atoms with E-state index in [9.17, 15) is 9.59 Å². The van der Waals surface area contributed by atoms with Crippen LogP contribution in [0, 0.1) is 0 Å². The van der Waals surface area contributed by atoms with Crippen molar-refractivity contribution in [3.8, 4) is 5.75 Å². The second-order valence-corrected chi connectivity index (χ2v) is 6.60. The molecule has 2 rings (SSSR count). The van der Waals surface area contributed by atoms with E-state index in [4.69, 9.17) is 9.84 Å². The highest BCUT2D eigenvalue weighted by Crippen LogP contribution is 2.29. The van der Waals surface area contributed by atoms with E-state index in [1.807, 2.05) is 13.0 Å². The number of thioether (sulfide) groups is 1. The zero-order valence-corrected chi connectivity index (χ0v) is 13.2. The van der Waals surface area contributed by atoms with Crippen molar-refractivity contribution in [1.82, 2.24) is 4.90 Å². The summed E-state index contributed by atoms with van der Waals surface area (Å²) in [5, 5.41) is 8.97. The monoisotopic (exact) mass is 359 g/mol. The highest BCUT2D eigenvalue weighted by Gasteiger charge is 2.39. The molecule has 1 N–H and O–H groups in total. The minimum atomic E-state index is -0.974. The molecule has 0 aromatic heterocycles. The van der Waals surface area contributed by atoms with Gasteiger partial charge in [0.15, 0.2) is 6.61 Å². The summed E-state index contributed by atoms with van der Waals surface area (Å²) in [5.74, 6) is -0.300. The predicted octanol–water partition coefficient (Wildman–Crippen LogP) is 2.20. The van der Waals surface area contributed by atoms with E-state index in [0.29, 0.717) is 11.5 Å². The fraction of sp³-hybridized carbons (Fsp3) is 0.385. The largest absolute Gasteiger partial charge is 0.484 e. The van der Waals surface area contributed by atoms with E-state index in [0.717, 1.165) is 4.47 Å². The van der Waals surface area contributed by atoms with Crippen molar-refractivity contribution < 1.29 is 19.4 Å². The van der Waals surface area contributed by atoms with E-state index in [2.05, 4.69) is 15.9 Å². The predicted molar refractivity (Wildman–Crippen MR) is 79.8 cm³/mol. The van der Waals surface area contributed by atoms with Crippen molar-refractivity contribution in [1.29, 1.82) is 0 Å². The van der Waals surface area contributed by atoms with Crippen molar-refractivity contribution in [2.75, 3.05) is 12.4 Å². The van der Waals surface area contributed by atoms with Crippen LogP contribution in [0.5, 0.6) is 5.75 Å². The number of aliphatic carboxylic acids is 1. The molecule has 0 saturated carbocycles. The van der Waals surface area contributed by atoms with E-state index < -0.39 is 12.0 Å². The fourth-order valence-electron chi connectivity index (χ4n) is 1.99. The number of rotatable bonds is 4. The number of benzene rings is 1. The first kappa shape index (κ1) is 15.2. The van der Waals surface area contributed by atoms with Crippen LogP contribution >= 0.6 is 27.7 Å². The Kier molecular flexibility index (Phi) is 4.93. The number of halogens is 1. The first-order chi connectivity index (χ1) is 9.49. The summed E-state index contributed by atoms with van der Waals surface area (Å²) in [7, 11) is 0. The maximum atomic E-state index is 12.1. The molecule has 1 aliphatic rings. The van der Waals surface area contributed by atoms with Gasteiger partial charge in [0, 0.05) is 10.2 Å². The van der Waals surface area contributed by atoms with Gasteiger partial charge in [0.1, 0.15) is 11.8 Å². The van der Waals surface area contributed by atoms with E-state index in [-0.39, 0.29) is 17.9 Å². The Morgan fingerprint density at radius 1 is 1.55 bits per heavy atom. The van der Waals surface area contributed by atoms with Gasteiger partial charge in [0.05, 0.1) is 5.37 Å². The summed E-state index contributed by atoms with van der Waals surface area (Å²) in [6.45, 7) is 1.66. The standard InChI is InChI=1S/C13H14BrNO4S/c1-8-15(11(7-20-8)13(17)18)12(16)6-19-10-4-2-3-9(14)5-10/h2-5,8,11H,6-7H2,1H3,(H,17,18). The number of ether oxygens (including phenoxy) is 1. The van der Waals surface area contributed by atoms with Gasteiger partial charge in [-0.3, -0.25) is 4.79 Å². The summed E-state index contributed by atoms with van der Waals surface area (Å²) in [5.41, 5.74) is 0. The summed E-state index contributed by atoms with van der Waals surface area (Å²) in [6, 6.07) is 6.39. The zero-order valence-electron chi connectivity index (χ0n) is 10.8. The molecule has 1 amide bonds. The molecule has 1 aliphatic heterocycles. The molecule has 1 heterocycles. The first-order valence-corrected chi connectivity index (χ1v) is 7.87. The molecule has 0 spiro atoms. The number of hydrogen-bond donors (Lipinski definition) is 1. The van der Waals surface area contributed by atoms with Crippen molar-refractivity contribution >= 4 is 39.6 Å². The van der Waals surface area contributed by atoms with Gasteiger partial charge < -0.3 is 14.7 Å². The Balaban J connectivity index is 1.99. The molecule has 1 fully saturated rings. The molecule has 0 bridgehead atoms. The number of carboxylic acids is 1. The van der Waals surface area contributed by atoms with Crippen LogP contribution in [0.25, 0.3) is 0 Å². The lowest BCUT2D eigenvalue weighted by molar-refractivity contribution is -0.149. The SMILES string of the molecule is CC1SCC(C(=O)O)N1C(=O)COc1cccc(Br)c1. The quantitative estimate of drug-likeness (QED) is 0.892. The van der Waals surface area contributed by atoms with Crippen LogP contribution < -0.4 is 4.74 Å². The minimum absolute atomic E-state index is 0.144. The molecule has 1 saturated heterocycles. The average molecular weight is 360 g/mol. The van der Waals surface area contributed by atoms with Crippen molar-refractivity contribution in [3.63, 3.8) is 0 Å². The van der Waals surface area contributed by atoms with Gasteiger partial charge in [-0.25, -0.2) is 4.79 Å². The molecular formula is C13H14BrNO4S. The molecule has 7 heteroatoms. The van der Waals surface area contributed by atoms with Crippen molar-refractivity contribution in [2.24, 2.45) is 0 Å². The zero-order chi connectivity index (χ0) is 14.7. The van der Waals surface area contributed by atoms with E-state index in [1.165, 1.54) is 16.7 Å². The number of carboxylic acid groups (broad SMARTS) is 1. The van der Waals surface area contributed by atoms with Crippen LogP contribution in [0.3, 0.4) is 0 Å². The molecule has 2 atom stereocenters. The molecule has 0 aliphatic carbocycles.